The molecular formula is C11H26N2O2. The minimum absolute atomic E-state index is 0.235. The van der Waals surface area contributed by atoms with E-state index < -0.39 is 0 Å². The summed E-state index contributed by atoms with van der Waals surface area (Å²) in [5.74, 6) is 0. The zero-order valence-electron chi connectivity index (χ0n) is 11.0. The third-order valence-corrected chi connectivity index (χ3v) is 1.68. The number of rotatable bonds is 5. The van der Waals surface area contributed by atoms with Gasteiger partial charge in [-0.2, -0.15) is 0 Å². The van der Waals surface area contributed by atoms with Gasteiger partial charge in [0.25, 0.3) is 0 Å². The van der Waals surface area contributed by atoms with Gasteiger partial charge >= 0.3 is 6.09 Å². The molecule has 0 aromatic rings. The Labute approximate surface area is 94.2 Å². The molecule has 4 heteroatoms. The van der Waals surface area contributed by atoms with Crippen molar-refractivity contribution in [3.63, 3.8) is 0 Å². The summed E-state index contributed by atoms with van der Waals surface area (Å²) >= 11 is 0. The second-order valence-corrected chi connectivity index (χ2v) is 3.28. The fourth-order valence-electron chi connectivity index (χ4n) is 0.949. The summed E-state index contributed by atoms with van der Waals surface area (Å²) in [5, 5.41) is 0. The van der Waals surface area contributed by atoms with Crippen LogP contribution in [0.15, 0.2) is 0 Å². The third kappa shape index (κ3) is 11.2. The normalized spacial score (nSPS) is 9.27. The predicted octanol–water partition coefficient (Wildman–Crippen LogP) is 2.05. The van der Waals surface area contributed by atoms with E-state index in [4.69, 9.17) is 4.74 Å². The zero-order valence-corrected chi connectivity index (χ0v) is 11.0. The highest BCUT2D eigenvalue weighted by molar-refractivity contribution is 5.67. The molecule has 0 saturated heterocycles. The fourth-order valence-corrected chi connectivity index (χ4v) is 0.949. The first kappa shape index (κ1) is 16.7. The summed E-state index contributed by atoms with van der Waals surface area (Å²) in [6, 6.07) is 0. The topological polar surface area (TPSA) is 32.8 Å². The van der Waals surface area contributed by atoms with Crippen molar-refractivity contribution in [2.24, 2.45) is 0 Å². The molecule has 0 aliphatic rings. The Kier molecular flexibility index (Phi) is 12.6. The fraction of sp³-hybridized carbons (Fsp3) is 0.909. The van der Waals surface area contributed by atoms with Crippen molar-refractivity contribution >= 4 is 6.09 Å². The van der Waals surface area contributed by atoms with Gasteiger partial charge in [0.15, 0.2) is 0 Å². The molecule has 0 aromatic heterocycles. The molecule has 0 saturated carbocycles. The smallest absolute Gasteiger partial charge is 0.409 e. The first-order valence-electron chi connectivity index (χ1n) is 5.60. The van der Waals surface area contributed by atoms with E-state index in [0.29, 0.717) is 6.61 Å². The standard InChI is InChI=1S/C9H20N2O2.C2H6/c1-5-13-9(12)11(4)8-6-7-10(2)3;1-2/h5-8H2,1-4H3;1-2H3. The monoisotopic (exact) mass is 218 g/mol. The highest BCUT2D eigenvalue weighted by atomic mass is 16.5. The van der Waals surface area contributed by atoms with E-state index in [1.807, 2.05) is 34.9 Å². The molecule has 0 aliphatic carbocycles. The summed E-state index contributed by atoms with van der Waals surface area (Å²) in [6.07, 6.45) is 0.740. The van der Waals surface area contributed by atoms with Crippen molar-refractivity contribution in [2.45, 2.75) is 27.2 Å². The number of nitrogens with zero attached hydrogens (tertiary/aromatic N) is 2. The maximum absolute atomic E-state index is 11.1. The van der Waals surface area contributed by atoms with Crippen LogP contribution >= 0.6 is 0 Å². The average molecular weight is 218 g/mol. The molecule has 0 rings (SSSR count). The number of hydrogen-bond acceptors (Lipinski definition) is 3. The maximum atomic E-state index is 11.1. The Morgan fingerprint density at radius 2 is 1.67 bits per heavy atom. The second kappa shape index (κ2) is 11.3. The summed E-state index contributed by atoms with van der Waals surface area (Å²) in [7, 11) is 5.79. The highest BCUT2D eigenvalue weighted by Gasteiger charge is 2.07. The zero-order chi connectivity index (χ0) is 12.3. The van der Waals surface area contributed by atoms with E-state index in [-0.39, 0.29) is 6.09 Å². The van der Waals surface area contributed by atoms with Crippen molar-refractivity contribution in [1.29, 1.82) is 0 Å². The molecule has 15 heavy (non-hydrogen) atoms. The summed E-state index contributed by atoms with van der Waals surface area (Å²) < 4.78 is 4.83. The Morgan fingerprint density at radius 1 is 1.13 bits per heavy atom. The van der Waals surface area contributed by atoms with E-state index >= 15 is 0 Å². The Balaban J connectivity index is 0. The largest absolute Gasteiger partial charge is 0.450 e. The van der Waals surface area contributed by atoms with Crippen molar-refractivity contribution in [3.8, 4) is 0 Å². The van der Waals surface area contributed by atoms with Gasteiger partial charge in [0.2, 0.25) is 0 Å². The molecule has 0 fully saturated rings. The molecule has 0 N–H and O–H groups in total. The van der Waals surface area contributed by atoms with Crippen LogP contribution in [0.3, 0.4) is 0 Å². The molecular weight excluding hydrogens is 192 g/mol. The third-order valence-electron chi connectivity index (χ3n) is 1.68. The van der Waals surface area contributed by atoms with Gasteiger partial charge in [-0.25, -0.2) is 4.79 Å². The Bertz CT molecular complexity index is 150. The van der Waals surface area contributed by atoms with Crippen LogP contribution in [0, 0.1) is 0 Å². The summed E-state index contributed by atoms with van der Waals surface area (Å²) in [5.41, 5.74) is 0. The van der Waals surface area contributed by atoms with Crippen molar-refractivity contribution in [1.82, 2.24) is 9.80 Å². The van der Waals surface area contributed by atoms with Crippen LogP contribution in [0.5, 0.6) is 0 Å². The van der Waals surface area contributed by atoms with Gasteiger partial charge in [-0.3, -0.25) is 0 Å². The SMILES string of the molecule is CC.CCOC(=O)N(C)CCCN(C)C. The van der Waals surface area contributed by atoms with Crippen LogP contribution in [0.4, 0.5) is 4.79 Å². The average Bonchev–Trinajstić information content (AvgIpc) is 2.20. The number of amides is 1. The number of hydrogen-bond donors (Lipinski definition) is 0. The van der Waals surface area contributed by atoms with Gasteiger partial charge in [0, 0.05) is 13.6 Å². The predicted molar refractivity (Wildman–Crippen MR) is 64.2 cm³/mol. The molecule has 0 aromatic carbocycles. The van der Waals surface area contributed by atoms with Gasteiger partial charge in [-0.05, 0) is 34.0 Å². The van der Waals surface area contributed by atoms with E-state index in [1.165, 1.54) is 0 Å². The Morgan fingerprint density at radius 3 is 2.07 bits per heavy atom. The van der Waals surface area contributed by atoms with E-state index in [2.05, 4.69) is 4.90 Å². The second-order valence-electron chi connectivity index (χ2n) is 3.28. The lowest BCUT2D eigenvalue weighted by Crippen LogP contribution is -2.30. The quantitative estimate of drug-likeness (QED) is 0.708. The maximum Gasteiger partial charge on any atom is 0.409 e. The molecule has 1 amide bonds. The lowest BCUT2D eigenvalue weighted by atomic mass is 10.4. The van der Waals surface area contributed by atoms with Gasteiger partial charge < -0.3 is 14.5 Å². The Hall–Kier alpha value is -0.770. The van der Waals surface area contributed by atoms with Gasteiger partial charge in [-0.1, -0.05) is 13.8 Å². The lowest BCUT2D eigenvalue weighted by Gasteiger charge is -2.17. The van der Waals surface area contributed by atoms with Gasteiger partial charge in [0.05, 0.1) is 6.61 Å². The first-order valence-corrected chi connectivity index (χ1v) is 5.60. The summed E-state index contributed by atoms with van der Waals surface area (Å²) in [6.45, 7) is 7.99. The molecule has 0 radical (unpaired) electrons. The molecule has 0 spiro atoms. The van der Waals surface area contributed by atoms with Crippen molar-refractivity contribution < 1.29 is 9.53 Å². The number of ether oxygens (including phenoxy) is 1. The first-order chi connectivity index (χ1) is 7.07. The highest BCUT2D eigenvalue weighted by Crippen LogP contribution is 1.93. The minimum Gasteiger partial charge on any atom is -0.450 e. The molecule has 0 aliphatic heterocycles. The van der Waals surface area contributed by atoms with Crippen LogP contribution in [0.2, 0.25) is 0 Å². The molecule has 0 bridgehead atoms. The molecule has 0 unspecified atom stereocenters. The van der Waals surface area contributed by atoms with Crippen LogP contribution in [0.1, 0.15) is 27.2 Å². The number of carbonyl (C=O) groups excluding carboxylic acids is 1. The van der Waals surface area contributed by atoms with Gasteiger partial charge in [-0.15, -0.1) is 0 Å². The van der Waals surface area contributed by atoms with Crippen LogP contribution in [0.25, 0.3) is 0 Å². The molecule has 92 valence electrons. The minimum atomic E-state index is -0.235. The van der Waals surface area contributed by atoms with Crippen LogP contribution in [-0.2, 0) is 4.74 Å². The van der Waals surface area contributed by atoms with Crippen LogP contribution in [-0.4, -0.2) is 56.7 Å². The van der Waals surface area contributed by atoms with Gasteiger partial charge in [0.1, 0.15) is 0 Å². The van der Waals surface area contributed by atoms with Crippen molar-refractivity contribution in [2.75, 3.05) is 40.8 Å². The molecule has 0 atom stereocenters. The van der Waals surface area contributed by atoms with Crippen molar-refractivity contribution in [3.05, 3.63) is 0 Å². The lowest BCUT2D eigenvalue weighted by molar-refractivity contribution is 0.115. The van der Waals surface area contributed by atoms with E-state index in [1.54, 1.807) is 11.9 Å². The summed E-state index contributed by atoms with van der Waals surface area (Å²) in [4.78, 5) is 14.8. The van der Waals surface area contributed by atoms with E-state index in [9.17, 15) is 4.79 Å². The molecule has 0 heterocycles. The van der Waals surface area contributed by atoms with E-state index in [0.717, 1.165) is 19.5 Å². The molecule has 4 nitrogen and oxygen atoms in total. The number of carbonyl (C=O) groups is 1. The van der Waals surface area contributed by atoms with Crippen LogP contribution < -0.4 is 0 Å².